The van der Waals surface area contributed by atoms with Gasteiger partial charge in [0.25, 0.3) is 0 Å². The van der Waals surface area contributed by atoms with Gasteiger partial charge in [-0.05, 0) is 118 Å². The highest BCUT2D eigenvalue weighted by molar-refractivity contribution is 7.33. The molecule has 58 heavy (non-hydrogen) atoms. The van der Waals surface area contributed by atoms with Crippen molar-refractivity contribution in [2.45, 2.75) is 0 Å². The van der Waals surface area contributed by atoms with Crippen LogP contribution in [0.3, 0.4) is 0 Å². The Bertz CT molecular complexity index is 3800. The molecule has 2 aromatic heterocycles. The third-order valence-electron chi connectivity index (χ3n) is 12.4. The molecular formula is C56H32S2. The lowest BCUT2D eigenvalue weighted by atomic mass is 9.84. The van der Waals surface area contributed by atoms with Gasteiger partial charge in [-0.25, -0.2) is 0 Å². The Kier molecular flexibility index (Phi) is 6.86. The van der Waals surface area contributed by atoms with Crippen LogP contribution in [0.4, 0.5) is 0 Å². The van der Waals surface area contributed by atoms with Gasteiger partial charge in [0.05, 0.1) is 9.40 Å². The predicted octanol–water partition coefficient (Wildman–Crippen LogP) is 17.2. The van der Waals surface area contributed by atoms with Gasteiger partial charge in [0.15, 0.2) is 0 Å². The summed E-state index contributed by atoms with van der Waals surface area (Å²) in [5.74, 6) is 0. The van der Waals surface area contributed by atoms with Crippen molar-refractivity contribution in [3.8, 4) is 33.4 Å². The van der Waals surface area contributed by atoms with Crippen LogP contribution in [-0.4, -0.2) is 0 Å². The molecule has 13 aromatic rings. The van der Waals surface area contributed by atoms with Crippen LogP contribution in [0.2, 0.25) is 0 Å². The molecule has 0 N–H and O–H groups in total. The SMILES string of the molecule is c1ccc2c(-c3c4ccccc4c(-c4ccc5cc(-c6cc7c(sc8ccc9ccccc9c87)c7sc8ccccc8c67)ccc5c4)c4ccccc34)cccc2c1. The van der Waals surface area contributed by atoms with Crippen molar-refractivity contribution in [1.82, 2.24) is 0 Å². The third kappa shape index (κ3) is 4.62. The van der Waals surface area contributed by atoms with E-state index in [0.29, 0.717) is 0 Å². The smallest absolute Gasteiger partial charge is 0.0540 e. The van der Waals surface area contributed by atoms with Crippen LogP contribution in [0.1, 0.15) is 0 Å². The number of thiophene rings is 2. The highest BCUT2D eigenvalue weighted by atomic mass is 32.1. The van der Waals surface area contributed by atoms with E-state index >= 15 is 0 Å². The summed E-state index contributed by atoms with van der Waals surface area (Å²) in [5, 5.41) is 18.2. The molecule has 0 fully saturated rings. The fourth-order valence-corrected chi connectivity index (χ4v) is 12.4. The van der Waals surface area contributed by atoms with Gasteiger partial charge in [-0.1, -0.05) is 164 Å². The van der Waals surface area contributed by atoms with Crippen molar-refractivity contribution in [3.05, 3.63) is 194 Å². The van der Waals surface area contributed by atoms with Crippen molar-refractivity contribution in [2.24, 2.45) is 0 Å². The van der Waals surface area contributed by atoms with Crippen LogP contribution < -0.4 is 0 Å². The summed E-state index contributed by atoms with van der Waals surface area (Å²) in [6.07, 6.45) is 0. The second-order valence-electron chi connectivity index (χ2n) is 15.5. The maximum atomic E-state index is 2.49. The monoisotopic (exact) mass is 768 g/mol. The summed E-state index contributed by atoms with van der Waals surface area (Å²) in [4.78, 5) is 0. The van der Waals surface area contributed by atoms with E-state index in [4.69, 9.17) is 0 Å². The van der Waals surface area contributed by atoms with Crippen LogP contribution in [-0.2, 0) is 0 Å². The second kappa shape index (κ2) is 12.3. The van der Waals surface area contributed by atoms with Gasteiger partial charge in [0.1, 0.15) is 0 Å². The zero-order valence-electron chi connectivity index (χ0n) is 31.3. The van der Waals surface area contributed by atoms with Crippen LogP contribution in [0.15, 0.2) is 194 Å². The van der Waals surface area contributed by atoms with Crippen molar-refractivity contribution < 1.29 is 0 Å². The second-order valence-corrected chi connectivity index (χ2v) is 17.6. The van der Waals surface area contributed by atoms with Gasteiger partial charge in [0.2, 0.25) is 0 Å². The first kappa shape index (κ1) is 32.3. The molecule has 0 saturated heterocycles. The molecule has 13 rings (SSSR count). The summed E-state index contributed by atoms with van der Waals surface area (Å²) in [5.41, 5.74) is 7.66. The Balaban J connectivity index is 1.03. The molecule has 2 heteroatoms. The van der Waals surface area contributed by atoms with E-state index < -0.39 is 0 Å². The van der Waals surface area contributed by atoms with E-state index in [0.717, 1.165) is 0 Å². The van der Waals surface area contributed by atoms with E-state index in [2.05, 4.69) is 194 Å². The Labute approximate surface area is 342 Å². The molecule has 11 aromatic carbocycles. The molecule has 0 unspecified atom stereocenters. The highest BCUT2D eigenvalue weighted by Crippen LogP contribution is 2.51. The fraction of sp³-hybridized carbons (Fsp3) is 0. The standard InChI is InChI=1S/C56H32S2/c1-3-15-39-33(12-1)14-11-22-41(39)52-44-19-7-5-17-42(44)51(43-18-6-8-20-45(43)52)38-27-25-35-30-37(26-24-36(35)31-38)47-32-48-53-40-16-4-2-13-34(40)28-29-50(53)58-55(48)56-54(47)46-21-9-10-23-49(46)57-56/h1-32H. The van der Waals surface area contributed by atoms with Gasteiger partial charge >= 0.3 is 0 Å². The number of rotatable bonds is 3. The van der Waals surface area contributed by atoms with Gasteiger partial charge in [-0.15, -0.1) is 22.7 Å². The van der Waals surface area contributed by atoms with E-state index in [1.807, 2.05) is 22.7 Å². The molecule has 0 nitrogen and oxygen atoms in total. The first-order valence-corrected chi connectivity index (χ1v) is 21.5. The van der Waals surface area contributed by atoms with E-state index in [1.165, 1.54) is 128 Å². The predicted molar refractivity (Wildman–Crippen MR) is 256 cm³/mol. The average Bonchev–Trinajstić information content (AvgIpc) is 3.87. The minimum absolute atomic E-state index is 1.24. The summed E-state index contributed by atoms with van der Waals surface area (Å²) >= 11 is 3.87. The van der Waals surface area contributed by atoms with Gasteiger partial charge in [0, 0.05) is 30.9 Å². The number of benzene rings is 11. The van der Waals surface area contributed by atoms with Crippen molar-refractivity contribution in [3.63, 3.8) is 0 Å². The number of fused-ring (bicyclic) bond motifs is 13. The minimum Gasteiger partial charge on any atom is -0.134 e. The molecule has 0 amide bonds. The maximum Gasteiger partial charge on any atom is 0.0540 e. The number of hydrogen-bond donors (Lipinski definition) is 0. The molecule has 0 radical (unpaired) electrons. The number of hydrogen-bond acceptors (Lipinski definition) is 2. The fourth-order valence-electron chi connectivity index (χ4n) is 9.86. The Morgan fingerprint density at radius 2 is 0.793 bits per heavy atom. The minimum atomic E-state index is 1.24. The van der Waals surface area contributed by atoms with Crippen molar-refractivity contribution >= 4 is 117 Å². The first-order valence-electron chi connectivity index (χ1n) is 19.9. The molecule has 268 valence electrons. The molecular weight excluding hydrogens is 737 g/mol. The maximum absolute atomic E-state index is 2.49. The molecule has 0 spiro atoms. The zero-order valence-corrected chi connectivity index (χ0v) is 32.9. The molecule has 0 aliphatic rings. The molecule has 2 heterocycles. The summed E-state index contributed by atoms with van der Waals surface area (Å²) in [7, 11) is 0. The average molecular weight is 769 g/mol. The van der Waals surface area contributed by atoms with E-state index in [1.54, 1.807) is 0 Å². The van der Waals surface area contributed by atoms with Crippen LogP contribution >= 0.6 is 22.7 Å². The van der Waals surface area contributed by atoms with Crippen LogP contribution in [0, 0.1) is 0 Å². The van der Waals surface area contributed by atoms with Gasteiger partial charge in [-0.3, -0.25) is 0 Å². The molecule has 0 aliphatic carbocycles. The lowest BCUT2D eigenvalue weighted by Gasteiger charge is -2.19. The van der Waals surface area contributed by atoms with Gasteiger partial charge in [-0.2, -0.15) is 0 Å². The first-order chi connectivity index (χ1) is 28.8. The Morgan fingerprint density at radius 1 is 0.259 bits per heavy atom. The normalized spacial score (nSPS) is 12.1. The van der Waals surface area contributed by atoms with Crippen LogP contribution in [0.5, 0.6) is 0 Å². The quantitative estimate of drug-likeness (QED) is 0.157. The lowest BCUT2D eigenvalue weighted by Crippen LogP contribution is -1.91. The van der Waals surface area contributed by atoms with E-state index in [9.17, 15) is 0 Å². The van der Waals surface area contributed by atoms with Crippen molar-refractivity contribution in [1.29, 1.82) is 0 Å². The van der Waals surface area contributed by atoms with Gasteiger partial charge < -0.3 is 0 Å². The lowest BCUT2D eigenvalue weighted by molar-refractivity contribution is 1.68. The largest absolute Gasteiger partial charge is 0.134 e. The zero-order chi connectivity index (χ0) is 37.9. The molecule has 0 aliphatic heterocycles. The topological polar surface area (TPSA) is 0 Å². The highest BCUT2D eigenvalue weighted by Gasteiger charge is 2.21. The Hall–Kier alpha value is -6.84. The van der Waals surface area contributed by atoms with E-state index in [-0.39, 0.29) is 0 Å². The molecule has 0 atom stereocenters. The Morgan fingerprint density at radius 3 is 1.53 bits per heavy atom. The molecule has 0 bridgehead atoms. The van der Waals surface area contributed by atoms with Crippen molar-refractivity contribution in [2.75, 3.05) is 0 Å². The summed E-state index contributed by atoms with van der Waals surface area (Å²) < 4.78 is 5.47. The third-order valence-corrected chi connectivity index (χ3v) is 14.9. The summed E-state index contributed by atoms with van der Waals surface area (Å²) in [6.45, 7) is 0. The van der Waals surface area contributed by atoms with Crippen LogP contribution in [0.25, 0.3) is 128 Å². The summed E-state index contributed by atoms with van der Waals surface area (Å²) in [6, 6.07) is 72.5. The molecule has 0 saturated carbocycles.